The molecule has 0 saturated carbocycles. The summed E-state index contributed by atoms with van der Waals surface area (Å²) in [6.07, 6.45) is 0. The van der Waals surface area contributed by atoms with Crippen LogP contribution in [0.3, 0.4) is 0 Å². The quantitative estimate of drug-likeness (QED) is 0.501. The van der Waals surface area contributed by atoms with Gasteiger partial charge in [0.2, 0.25) is 0 Å². The third kappa shape index (κ3) is 7.70. The zero-order chi connectivity index (χ0) is 10.1. The number of rotatable bonds is 8. The van der Waals surface area contributed by atoms with Crippen LogP contribution < -0.4 is 0 Å². The first-order valence-corrected chi connectivity index (χ1v) is 4.33. The molecule has 5 nitrogen and oxygen atoms in total. The van der Waals surface area contributed by atoms with Crippen LogP contribution in [0.5, 0.6) is 0 Å². The Morgan fingerprint density at radius 3 is 2.62 bits per heavy atom. The molecule has 0 radical (unpaired) electrons. The van der Waals surface area contributed by atoms with Gasteiger partial charge in [-0.2, -0.15) is 0 Å². The average molecular weight is 191 g/mol. The number of nitrogens with zero attached hydrogens (tertiary/aromatic N) is 1. The van der Waals surface area contributed by atoms with Crippen molar-refractivity contribution in [3.05, 3.63) is 0 Å². The fourth-order valence-corrected chi connectivity index (χ4v) is 0.901. The minimum atomic E-state index is -0.830. The number of hydrogen-bond acceptors (Lipinski definition) is 4. The third-order valence-corrected chi connectivity index (χ3v) is 1.59. The first-order valence-electron chi connectivity index (χ1n) is 4.33. The van der Waals surface area contributed by atoms with Gasteiger partial charge in [0.25, 0.3) is 0 Å². The molecule has 78 valence electrons. The van der Waals surface area contributed by atoms with E-state index in [0.717, 1.165) is 0 Å². The number of ether oxygens (including phenoxy) is 1. The monoisotopic (exact) mass is 191 g/mol. The van der Waals surface area contributed by atoms with E-state index < -0.39 is 5.97 Å². The molecule has 0 rings (SSSR count). The van der Waals surface area contributed by atoms with Crippen molar-refractivity contribution < 1.29 is 19.7 Å². The van der Waals surface area contributed by atoms with Gasteiger partial charge in [0.1, 0.15) is 0 Å². The third-order valence-electron chi connectivity index (χ3n) is 1.59. The molecule has 0 atom stereocenters. The van der Waals surface area contributed by atoms with Crippen molar-refractivity contribution in [1.29, 1.82) is 0 Å². The smallest absolute Gasteiger partial charge is 0.317 e. The molecular weight excluding hydrogens is 174 g/mol. The van der Waals surface area contributed by atoms with Crippen molar-refractivity contribution >= 4 is 5.97 Å². The van der Waals surface area contributed by atoms with Gasteiger partial charge in [-0.25, -0.2) is 0 Å². The van der Waals surface area contributed by atoms with Gasteiger partial charge >= 0.3 is 5.97 Å². The lowest BCUT2D eigenvalue weighted by atomic mass is 10.4. The summed E-state index contributed by atoms with van der Waals surface area (Å²) in [6.45, 7) is 3.99. The summed E-state index contributed by atoms with van der Waals surface area (Å²) in [4.78, 5) is 12.1. The Kier molecular flexibility index (Phi) is 7.57. The Balaban J connectivity index is 3.42. The van der Waals surface area contributed by atoms with Crippen molar-refractivity contribution in [2.75, 3.05) is 39.5 Å². The highest BCUT2D eigenvalue weighted by molar-refractivity contribution is 5.69. The molecule has 0 amide bonds. The molecule has 5 heteroatoms. The van der Waals surface area contributed by atoms with Gasteiger partial charge in [0, 0.05) is 6.54 Å². The SMILES string of the molecule is CCN(CCOCCO)CC(=O)O. The summed E-state index contributed by atoms with van der Waals surface area (Å²) in [5.74, 6) is -0.830. The number of carboxylic acid groups (broad SMARTS) is 1. The molecule has 0 aliphatic rings. The number of aliphatic hydroxyl groups is 1. The molecule has 2 N–H and O–H groups in total. The molecule has 0 aromatic heterocycles. The van der Waals surface area contributed by atoms with Crippen LogP contribution in [0.1, 0.15) is 6.92 Å². The van der Waals surface area contributed by atoms with Gasteiger partial charge in [-0.1, -0.05) is 6.92 Å². The van der Waals surface area contributed by atoms with Crippen LogP contribution >= 0.6 is 0 Å². The van der Waals surface area contributed by atoms with Crippen molar-refractivity contribution in [1.82, 2.24) is 4.90 Å². The lowest BCUT2D eigenvalue weighted by Gasteiger charge is -2.17. The number of aliphatic carboxylic acids is 1. The molecule has 0 fully saturated rings. The minimum absolute atomic E-state index is 0.00502. The normalized spacial score (nSPS) is 10.7. The molecule has 0 spiro atoms. The van der Waals surface area contributed by atoms with E-state index in [9.17, 15) is 4.79 Å². The van der Waals surface area contributed by atoms with Crippen LogP contribution in [0.15, 0.2) is 0 Å². The van der Waals surface area contributed by atoms with Crippen LogP contribution in [0.25, 0.3) is 0 Å². The minimum Gasteiger partial charge on any atom is -0.480 e. The van der Waals surface area contributed by atoms with E-state index >= 15 is 0 Å². The van der Waals surface area contributed by atoms with Gasteiger partial charge in [-0.15, -0.1) is 0 Å². The predicted molar refractivity (Wildman–Crippen MR) is 47.7 cm³/mol. The number of likely N-dealkylation sites (N-methyl/N-ethyl adjacent to an activating group) is 1. The van der Waals surface area contributed by atoms with E-state index in [-0.39, 0.29) is 13.2 Å². The largest absolute Gasteiger partial charge is 0.480 e. The summed E-state index contributed by atoms with van der Waals surface area (Å²) in [5, 5.41) is 16.9. The second-order valence-corrected chi connectivity index (χ2v) is 2.60. The standard InChI is InChI=1S/C8H17NO4/c1-2-9(7-8(11)12)3-5-13-6-4-10/h10H,2-7H2,1H3,(H,11,12). The molecular formula is C8H17NO4. The summed E-state index contributed by atoms with van der Waals surface area (Å²) in [6, 6.07) is 0. The van der Waals surface area contributed by atoms with Gasteiger partial charge in [0.05, 0.1) is 26.4 Å². The van der Waals surface area contributed by atoms with E-state index in [1.165, 1.54) is 0 Å². The lowest BCUT2D eigenvalue weighted by Crippen LogP contribution is -2.32. The molecule has 13 heavy (non-hydrogen) atoms. The van der Waals surface area contributed by atoms with Gasteiger partial charge in [-0.3, -0.25) is 9.69 Å². The van der Waals surface area contributed by atoms with E-state index in [1.54, 1.807) is 4.90 Å². The van der Waals surface area contributed by atoms with Gasteiger partial charge < -0.3 is 14.9 Å². The Hall–Kier alpha value is -0.650. The second-order valence-electron chi connectivity index (χ2n) is 2.60. The maximum Gasteiger partial charge on any atom is 0.317 e. The van der Waals surface area contributed by atoms with Crippen molar-refractivity contribution in [2.24, 2.45) is 0 Å². The van der Waals surface area contributed by atoms with Crippen molar-refractivity contribution in [3.63, 3.8) is 0 Å². The maximum atomic E-state index is 10.3. The highest BCUT2D eigenvalue weighted by Gasteiger charge is 2.06. The molecule has 0 unspecified atom stereocenters. The van der Waals surface area contributed by atoms with Gasteiger partial charge in [0.15, 0.2) is 0 Å². The van der Waals surface area contributed by atoms with E-state index in [1.807, 2.05) is 6.92 Å². The van der Waals surface area contributed by atoms with E-state index in [0.29, 0.717) is 26.3 Å². The number of aliphatic hydroxyl groups excluding tert-OH is 1. The zero-order valence-corrected chi connectivity index (χ0v) is 7.90. The number of carbonyl (C=O) groups is 1. The Bertz CT molecular complexity index is 140. The first kappa shape index (κ1) is 12.3. The van der Waals surface area contributed by atoms with Crippen LogP contribution in [-0.2, 0) is 9.53 Å². The molecule has 0 aromatic carbocycles. The first-order chi connectivity index (χ1) is 6.20. The van der Waals surface area contributed by atoms with Gasteiger partial charge in [-0.05, 0) is 6.54 Å². The summed E-state index contributed by atoms with van der Waals surface area (Å²) in [5.41, 5.74) is 0. The van der Waals surface area contributed by atoms with Crippen molar-refractivity contribution in [3.8, 4) is 0 Å². The molecule has 0 aliphatic carbocycles. The molecule has 0 saturated heterocycles. The highest BCUT2D eigenvalue weighted by atomic mass is 16.5. The Morgan fingerprint density at radius 2 is 2.15 bits per heavy atom. The fourth-order valence-electron chi connectivity index (χ4n) is 0.901. The highest BCUT2D eigenvalue weighted by Crippen LogP contribution is 1.87. The summed E-state index contributed by atoms with van der Waals surface area (Å²) in [7, 11) is 0. The number of hydrogen-bond donors (Lipinski definition) is 2. The van der Waals surface area contributed by atoms with Crippen LogP contribution in [0.4, 0.5) is 0 Å². The topological polar surface area (TPSA) is 70.0 Å². The predicted octanol–water partition coefficient (Wildman–Crippen LogP) is -0.598. The van der Waals surface area contributed by atoms with Crippen molar-refractivity contribution in [2.45, 2.75) is 6.92 Å². The molecule has 0 aliphatic heterocycles. The summed E-state index contributed by atoms with van der Waals surface area (Å²) < 4.78 is 5.01. The maximum absolute atomic E-state index is 10.3. The lowest BCUT2D eigenvalue weighted by molar-refractivity contribution is -0.138. The van der Waals surface area contributed by atoms with Crippen LogP contribution in [0, 0.1) is 0 Å². The second kappa shape index (κ2) is 7.97. The Morgan fingerprint density at radius 1 is 1.46 bits per heavy atom. The average Bonchev–Trinajstić information content (AvgIpc) is 2.09. The number of carboxylic acids is 1. The summed E-state index contributed by atoms with van der Waals surface area (Å²) >= 11 is 0. The van der Waals surface area contributed by atoms with Crippen LogP contribution in [0.2, 0.25) is 0 Å². The zero-order valence-electron chi connectivity index (χ0n) is 7.90. The molecule has 0 aromatic rings. The van der Waals surface area contributed by atoms with E-state index in [2.05, 4.69) is 0 Å². The molecule has 0 heterocycles. The molecule has 0 bridgehead atoms. The van der Waals surface area contributed by atoms with E-state index in [4.69, 9.17) is 14.9 Å². The Labute approximate surface area is 77.9 Å². The van der Waals surface area contributed by atoms with Crippen LogP contribution in [-0.4, -0.2) is 60.5 Å². The fraction of sp³-hybridized carbons (Fsp3) is 0.875.